The standard InChI is InChI=1S/C21H19NO2/c23-18-11-12-19(21(24)14-18)20(13-16-7-3-1-4-8-16)22-15-17-9-5-2-6-10-17/h1-12,14,23-24H,13,15H2. The van der Waals surface area contributed by atoms with Crippen molar-refractivity contribution in [3.8, 4) is 11.5 Å². The number of phenols is 2. The summed E-state index contributed by atoms with van der Waals surface area (Å²) in [7, 11) is 0. The summed E-state index contributed by atoms with van der Waals surface area (Å²) in [5.74, 6) is 0.0797. The van der Waals surface area contributed by atoms with Crippen molar-refractivity contribution in [1.29, 1.82) is 0 Å². The summed E-state index contributed by atoms with van der Waals surface area (Å²) >= 11 is 0. The van der Waals surface area contributed by atoms with Gasteiger partial charge in [0.15, 0.2) is 0 Å². The van der Waals surface area contributed by atoms with Crippen LogP contribution in [0.5, 0.6) is 11.5 Å². The first-order chi connectivity index (χ1) is 11.7. The molecule has 0 aromatic heterocycles. The number of nitrogens with zero attached hydrogens (tertiary/aromatic N) is 1. The molecule has 0 aliphatic rings. The third-order valence-corrected chi connectivity index (χ3v) is 3.80. The monoisotopic (exact) mass is 317 g/mol. The molecule has 0 fully saturated rings. The zero-order valence-electron chi connectivity index (χ0n) is 13.3. The van der Waals surface area contributed by atoms with E-state index in [0.717, 1.165) is 16.8 Å². The zero-order valence-corrected chi connectivity index (χ0v) is 13.3. The Morgan fingerprint density at radius 3 is 2.00 bits per heavy atom. The van der Waals surface area contributed by atoms with Gasteiger partial charge in [0, 0.05) is 18.1 Å². The number of hydrogen-bond donors (Lipinski definition) is 2. The van der Waals surface area contributed by atoms with Crippen molar-refractivity contribution in [1.82, 2.24) is 0 Å². The van der Waals surface area contributed by atoms with Crippen LogP contribution in [0.4, 0.5) is 0 Å². The molecule has 0 aliphatic heterocycles. The highest BCUT2D eigenvalue weighted by molar-refractivity contribution is 6.04. The summed E-state index contributed by atoms with van der Waals surface area (Å²) in [5.41, 5.74) is 3.67. The molecule has 0 atom stereocenters. The highest BCUT2D eigenvalue weighted by Gasteiger charge is 2.11. The van der Waals surface area contributed by atoms with Gasteiger partial charge in [0.2, 0.25) is 0 Å². The van der Waals surface area contributed by atoms with E-state index in [4.69, 9.17) is 4.99 Å². The van der Waals surface area contributed by atoms with Gasteiger partial charge >= 0.3 is 0 Å². The lowest BCUT2D eigenvalue weighted by Crippen LogP contribution is -2.06. The van der Waals surface area contributed by atoms with Crippen molar-refractivity contribution in [2.24, 2.45) is 4.99 Å². The summed E-state index contributed by atoms with van der Waals surface area (Å²) in [6.45, 7) is 0.545. The number of aliphatic imine (C=N–C) groups is 1. The number of hydrogen-bond acceptors (Lipinski definition) is 3. The third kappa shape index (κ3) is 4.02. The first kappa shape index (κ1) is 15.8. The largest absolute Gasteiger partial charge is 0.508 e. The van der Waals surface area contributed by atoms with Gasteiger partial charge in [-0.3, -0.25) is 4.99 Å². The molecule has 24 heavy (non-hydrogen) atoms. The second-order valence-corrected chi connectivity index (χ2v) is 5.61. The molecule has 120 valence electrons. The van der Waals surface area contributed by atoms with Crippen LogP contribution in [-0.4, -0.2) is 15.9 Å². The topological polar surface area (TPSA) is 52.8 Å². The number of benzene rings is 3. The normalized spacial score (nSPS) is 11.4. The van der Waals surface area contributed by atoms with E-state index in [-0.39, 0.29) is 11.5 Å². The van der Waals surface area contributed by atoms with Gasteiger partial charge in [-0.05, 0) is 23.3 Å². The van der Waals surface area contributed by atoms with Crippen LogP contribution in [-0.2, 0) is 13.0 Å². The molecule has 0 spiro atoms. The highest BCUT2D eigenvalue weighted by atomic mass is 16.3. The van der Waals surface area contributed by atoms with E-state index in [1.165, 1.54) is 6.07 Å². The van der Waals surface area contributed by atoms with Crippen LogP contribution in [0.1, 0.15) is 16.7 Å². The van der Waals surface area contributed by atoms with E-state index in [1.54, 1.807) is 12.1 Å². The van der Waals surface area contributed by atoms with Gasteiger partial charge in [-0.25, -0.2) is 0 Å². The van der Waals surface area contributed by atoms with Crippen molar-refractivity contribution in [2.45, 2.75) is 13.0 Å². The lowest BCUT2D eigenvalue weighted by Gasteiger charge is -2.10. The molecule has 0 heterocycles. The maximum atomic E-state index is 10.2. The van der Waals surface area contributed by atoms with E-state index >= 15 is 0 Å². The average Bonchev–Trinajstić information content (AvgIpc) is 2.61. The molecule has 0 saturated heterocycles. The van der Waals surface area contributed by atoms with E-state index in [0.29, 0.717) is 18.5 Å². The number of phenolic OH excluding ortho intramolecular Hbond substituents is 2. The van der Waals surface area contributed by atoms with Crippen LogP contribution < -0.4 is 0 Å². The molecule has 3 heteroatoms. The van der Waals surface area contributed by atoms with Crippen LogP contribution in [0.25, 0.3) is 0 Å². The van der Waals surface area contributed by atoms with Crippen molar-refractivity contribution >= 4 is 5.71 Å². The third-order valence-electron chi connectivity index (χ3n) is 3.80. The predicted octanol–water partition coefficient (Wildman–Crippen LogP) is 4.33. The molecular weight excluding hydrogens is 298 g/mol. The minimum absolute atomic E-state index is 0.0396. The Bertz CT molecular complexity index is 827. The molecule has 0 unspecified atom stereocenters. The molecule has 3 aromatic carbocycles. The fourth-order valence-electron chi connectivity index (χ4n) is 2.56. The molecule has 0 bridgehead atoms. The summed E-state index contributed by atoms with van der Waals surface area (Å²) in [6.07, 6.45) is 0.617. The number of rotatable bonds is 5. The van der Waals surface area contributed by atoms with Gasteiger partial charge in [0.05, 0.1) is 12.3 Å². The van der Waals surface area contributed by atoms with Gasteiger partial charge in [0.25, 0.3) is 0 Å². The van der Waals surface area contributed by atoms with E-state index in [9.17, 15) is 10.2 Å². The fourth-order valence-corrected chi connectivity index (χ4v) is 2.56. The minimum Gasteiger partial charge on any atom is -0.508 e. The van der Waals surface area contributed by atoms with Crippen molar-refractivity contribution in [3.63, 3.8) is 0 Å². The summed E-state index contributed by atoms with van der Waals surface area (Å²) < 4.78 is 0. The van der Waals surface area contributed by atoms with Crippen molar-refractivity contribution in [3.05, 3.63) is 95.6 Å². The second kappa shape index (κ2) is 7.47. The Balaban J connectivity index is 1.93. The van der Waals surface area contributed by atoms with Crippen LogP contribution in [0, 0.1) is 0 Å². The average molecular weight is 317 g/mol. The first-order valence-corrected chi connectivity index (χ1v) is 7.86. The van der Waals surface area contributed by atoms with Crippen molar-refractivity contribution in [2.75, 3.05) is 0 Å². The van der Waals surface area contributed by atoms with Crippen LogP contribution in [0.15, 0.2) is 83.9 Å². The zero-order chi connectivity index (χ0) is 16.8. The lowest BCUT2D eigenvalue weighted by molar-refractivity contribution is 0.450. The highest BCUT2D eigenvalue weighted by Crippen LogP contribution is 2.25. The van der Waals surface area contributed by atoms with Gasteiger partial charge in [-0.15, -0.1) is 0 Å². The molecule has 3 rings (SSSR count). The molecular formula is C21H19NO2. The van der Waals surface area contributed by atoms with Gasteiger partial charge in [-0.2, -0.15) is 0 Å². The Hall–Kier alpha value is -3.07. The minimum atomic E-state index is 0.0396. The molecule has 0 amide bonds. The molecule has 0 saturated carbocycles. The molecule has 3 aromatic rings. The van der Waals surface area contributed by atoms with Crippen LogP contribution >= 0.6 is 0 Å². The summed E-state index contributed by atoms with van der Waals surface area (Å²) in [6, 6.07) is 24.6. The quantitative estimate of drug-likeness (QED) is 0.688. The maximum absolute atomic E-state index is 10.2. The fraction of sp³-hybridized carbons (Fsp3) is 0.0952. The molecule has 0 radical (unpaired) electrons. The number of aromatic hydroxyl groups is 2. The van der Waals surface area contributed by atoms with Crippen LogP contribution in [0.3, 0.4) is 0 Å². The molecule has 3 nitrogen and oxygen atoms in total. The molecule has 2 N–H and O–H groups in total. The van der Waals surface area contributed by atoms with E-state index in [1.807, 2.05) is 60.7 Å². The Morgan fingerprint density at radius 2 is 1.38 bits per heavy atom. The molecule has 0 aliphatic carbocycles. The smallest absolute Gasteiger partial charge is 0.128 e. The Kier molecular flexibility index (Phi) is 4.92. The Labute approximate surface area is 141 Å². The SMILES string of the molecule is Oc1ccc(C(Cc2ccccc2)=NCc2ccccc2)c(O)c1. The summed E-state index contributed by atoms with van der Waals surface area (Å²) in [5, 5.41) is 19.7. The van der Waals surface area contributed by atoms with Crippen LogP contribution in [0.2, 0.25) is 0 Å². The van der Waals surface area contributed by atoms with Gasteiger partial charge < -0.3 is 10.2 Å². The Morgan fingerprint density at radius 1 is 0.750 bits per heavy atom. The maximum Gasteiger partial charge on any atom is 0.128 e. The van der Waals surface area contributed by atoms with E-state index < -0.39 is 0 Å². The van der Waals surface area contributed by atoms with Crippen molar-refractivity contribution < 1.29 is 10.2 Å². The predicted molar refractivity (Wildman–Crippen MR) is 96.6 cm³/mol. The lowest BCUT2D eigenvalue weighted by atomic mass is 10.0. The first-order valence-electron chi connectivity index (χ1n) is 7.86. The van der Waals surface area contributed by atoms with Gasteiger partial charge in [-0.1, -0.05) is 60.7 Å². The second-order valence-electron chi connectivity index (χ2n) is 5.61. The van der Waals surface area contributed by atoms with Gasteiger partial charge in [0.1, 0.15) is 11.5 Å². The summed E-state index contributed by atoms with van der Waals surface area (Å²) in [4.78, 5) is 4.73. The van der Waals surface area contributed by atoms with E-state index in [2.05, 4.69) is 0 Å².